The zero-order valence-electron chi connectivity index (χ0n) is 8.56. The van der Waals surface area contributed by atoms with Crippen LogP contribution in [-0.2, 0) is 6.54 Å². The fourth-order valence-corrected chi connectivity index (χ4v) is 1.20. The first-order valence-corrected chi connectivity index (χ1v) is 4.68. The zero-order chi connectivity index (χ0) is 10.6. The average Bonchev–Trinajstić information content (AvgIpc) is 2.21. The first kappa shape index (κ1) is 10.8. The normalized spacial score (nSPS) is 12.5. The van der Waals surface area contributed by atoms with E-state index >= 15 is 0 Å². The van der Waals surface area contributed by atoms with E-state index in [0.717, 1.165) is 6.42 Å². The molecule has 0 saturated heterocycles. The minimum absolute atomic E-state index is 0.0137. The van der Waals surface area contributed by atoms with Gasteiger partial charge in [-0.25, -0.2) is 0 Å². The summed E-state index contributed by atoms with van der Waals surface area (Å²) in [5.41, 5.74) is 5.64. The standard InChI is InChI=1S/C10H16N2O2/c1-3-8(11)7-12-6-4-5-9(14-2)10(12)13/h4-6,8H,3,7,11H2,1-2H3. The number of aromatic nitrogens is 1. The minimum Gasteiger partial charge on any atom is -0.491 e. The van der Waals surface area contributed by atoms with Crippen LogP contribution in [0.25, 0.3) is 0 Å². The third-order valence-corrected chi connectivity index (χ3v) is 2.16. The summed E-state index contributed by atoms with van der Waals surface area (Å²) in [6.07, 6.45) is 2.57. The molecule has 1 heterocycles. The molecule has 0 fully saturated rings. The van der Waals surface area contributed by atoms with Gasteiger partial charge in [-0.15, -0.1) is 0 Å². The largest absolute Gasteiger partial charge is 0.491 e. The SMILES string of the molecule is CCC(N)Cn1cccc(OC)c1=O. The predicted molar refractivity (Wildman–Crippen MR) is 55.5 cm³/mol. The number of rotatable bonds is 4. The molecule has 0 aliphatic heterocycles. The molecule has 1 aromatic heterocycles. The van der Waals surface area contributed by atoms with Crippen molar-refractivity contribution in [3.8, 4) is 5.75 Å². The third-order valence-electron chi connectivity index (χ3n) is 2.16. The Bertz CT molecular complexity index is 346. The van der Waals surface area contributed by atoms with Crippen LogP contribution in [0.2, 0.25) is 0 Å². The van der Waals surface area contributed by atoms with Crippen molar-refractivity contribution >= 4 is 0 Å². The number of hydrogen-bond acceptors (Lipinski definition) is 3. The number of pyridine rings is 1. The van der Waals surface area contributed by atoms with E-state index in [-0.39, 0.29) is 11.6 Å². The van der Waals surface area contributed by atoms with E-state index in [1.807, 2.05) is 6.92 Å². The Morgan fingerprint density at radius 1 is 1.64 bits per heavy atom. The summed E-state index contributed by atoms with van der Waals surface area (Å²) >= 11 is 0. The maximum atomic E-state index is 11.6. The lowest BCUT2D eigenvalue weighted by Gasteiger charge is -2.11. The van der Waals surface area contributed by atoms with Crippen LogP contribution in [0.1, 0.15) is 13.3 Å². The van der Waals surface area contributed by atoms with E-state index in [0.29, 0.717) is 12.3 Å². The van der Waals surface area contributed by atoms with Gasteiger partial charge in [-0.2, -0.15) is 0 Å². The van der Waals surface area contributed by atoms with E-state index < -0.39 is 0 Å². The number of methoxy groups -OCH3 is 1. The molecule has 0 aliphatic rings. The third kappa shape index (κ3) is 2.35. The van der Waals surface area contributed by atoms with Crippen LogP contribution in [-0.4, -0.2) is 17.7 Å². The van der Waals surface area contributed by atoms with E-state index in [4.69, 9.17) is 10.5 Å². The maximum Gasteiger partial charge on any atom is 0.292 e. The Hall–Kier alpha value is -1.29. The van der Waals surface area contributed by atoms with E-state index in [1.165, 1.54) is 7.11 Å². The molecule has 0 spiro atoms. The Morgan fingerprint density at radius 3 is 2.93 bits per heavy atom. The molecule has 2 N–H and O–H groups in total. The predicted octanol–water partition coefficient (Wildman–Crippen LogP) is 0.594. The first-order valence-electron chi connectivity index (χ1n) is 4.68. The molecular formula is C10H16N2O2. The Morgan fingerprint density at radius 2 is 2.36 bits per heavy atom. The number of nitrogens with two attached hydrogens (primary N) is 1. The van der Waals surface area contributed by atoms with Gasteiger partial charge in [0.2, 0.25) is 0 Å². The van der Waals surface area contributed by atoms with Crippen molar-refractivity contribution in [1.82, 2.24) is 4.57 Å². The average molecular weight is 196 g/mol. The van der Waals surface area contributed by atoms with Crippen molar-refractivity contribution in [1.29, 1.82) is 0 Å². The molecule has 78 valence electrons. The summed E-state index contributed by atoms with van der Waals surface area (Å²) in [4.78, 5) is 11.6. The smallest absolute Gasteiger partial charge is 0.292 e. The summed E-state index contributed by atoms with van der Waals surface area (Å²) in [5.74, 6) is 0.357. The number of hydrogen-bond donors (Lipinski definition) is 1. The summed E-state index contributed by atoms with van der Waals surface area (Å²) in [7, 11) is 1.49. The number of ether oxygens (including phenoxy) is 1. The van der Waals surface area contributed by atoms with Gasteiger partial charge in [0.15, 0.2) is 5.75 Å². The van der Waals surface area contributed by atoms with Crippen molar-refractivity contribution in [2.24, 2.45) is 5.73 Å². The highest BCUT2D eigenvalue weighted by Crippen LogP contribution is 2.01. The van der Waals surface area contributed by atoms with Gasteiger partial charge < -0.3 is 15.0 Å². The van der Waals surface area contributed by atoms with Gasteiger partial charge in [0.05, 0.1) is 7.11 Å². The van der Waals surface area contributed by atoms with Gasteiger partial charge in [0, 0.05) is 18.8 Å². The monoisotopic (exact) mass is 196 g/mol. The second-order valence-corrected chi connectivity index (χ2v) is 3.20. The lowest BCUT2D eigenvalue weighted by Crippen LogP contribution is -2.31. The second kappa shape index (κ2) is 4.81. The molecule has 0 bridgehead atoms. The fourth-order valence-electron chi connectivity index (χ4n) is 1.20. The Kier molecular flexibility index (Phi) is 3.71. The highest BCUT2D eigenvalue weighted by molar-refractivity contribution is 5.16. The molecular weight excluding hydrogens is 180 g/mol. The van der Waals surface area contributed by atoms with Gasteiger partial charge in [-0.1, -0.05) is 6.92 Å². The van der Waals surface area contributed by atoms with Crippen LogP contribution in [0.4, 0.5) is 0 Å². The number of nitrogens with zero attached hydrogens (tertiary/aromatic N) is 1. The molecule has 1 unspecified atom stereocenters. The summed E-state index contributed by atoms with van der Waals surface area (Å²) in [6.45, 7) is 2.53. The summed E-state index contributed by atoms with van der Waals surface area (Å²) < 4.78 is 6.50. The minimum atomic E-state index is -0.126. The summed E-state index contributed by atoms with van der Waals surface area (Å²) in [6, 6.07) is 3.44. The molecule has 1 atom stereocenters. The summed E-state index contributed by atoms with van der Waals surface area (Å²) in [5, 5.41) is 0. The van der Waals surface area contributed by atoms with Gasteiger partial charge >= 0.3 is 0 Å². The molecule has 0 aromatic carbocycles. The van der Waals surface area contributed by atoms with Gasteiger partial charge in [0.25, 0.3) is 5.56 Å². The first-order chi connectivity index (χ1) is 6.69. The zero-order valence-corrected chi connectivity index (χ0v) is 8.56. The van der Waals surface area contributed by atoms with Crippen molar-refractivity contribution in [3.05, 3.63) is 28.7 Å². The highest BCUT2D eigenvalue weighted by atomic mass is 16.5. The van der Waals surface area contributed by atoms with E-state index in [1.54, 1.807) is 22.9 Å². The highest BCUT2D eigenvalue weighted by Gasteiger charge is 2.05. The van der Waals surface area contributed by atoms with Crippen LogP contribution >= 0.6 is 0 Å². The Labute approximate surface area is 83.3 Å². The van der Waals surface area contributed by atoms with Crippen LogP contribution in [0, 0.1) is 0 Å². The molecule has 0 radical (unpaired) electrons. The maximum absolute atomic E-state index is 11.6. The van der Waals surface area contributed by atoms with Crippen LogP contribution < -0.4 is 16.0 Å². The van der Waals surface area contributed by atoms with Crippen molar-refractivity contribution in [2.75, 3.05) is 7.11 Å². The topological polar surface area (TPSA) is 57.2 Å². The van der Waals surface area contributed by atoms with Crippen LogP contribution in [0.5, 0.6) is 5.75 Å². The molecule has 14 heavy (non-hydrogen) atoms. The lowest BCUT2D eigenvalue weighted by atomic mass is 10.2. The Balaban J connectivity index is 2.93. The molecule has 4 heteroatoms. The van der Waals surface area contributed by atoms with Crippen molar-refractivity contribution in [3.63, 3.8) is 0 Å². The van der Waals surface area contributed by atoms with E-state index in [9.17, 15) is 4.79 Å². The second-order valence-electron chi connectivity index (χ2n) is 3.20. The molecule has 0 aliphatic carbocycles. The van der Waals surface area contributed by atoms with Gasteiger partial charge in [-0.3, -0.25) is 4.79 Å². The molecule has 1 rings (SSSR count). The molecule has 0 amide bonds. The molecule has 1 aromatic rings. The van der Waals surface area contributed by atoms with Crippen LogP contribution in [0.15, 0.2) is 23.1 Å². The molecule has 4 nitrogen and oxygen atoms in total. The molecule has 0 saturated carbocycles. The van der Waals surface area contributed by atoms with Crippen LogP contribution in [0.3, 0.4) is 0 Å². The van der Waals surface area contributed by atoms with Gasteiger partial charge in [-0.05, 0) is 18.6 Å². The fraction of sp³-hybridized carbons (Fsp3) is 0.500. The quantitative estimate of drug-likeness (QED) is 0.767. The van der Waals surface area contributed by atoms with Gasteiger partial charge in [0.1, 0.15) is 0 Å². The van der Waals surface area contributed by atoms with E-state index in [2.05, 4.69) is 0 Å². The van der Waals surface area contributed by atoms with Crippen molar-refractivity contribution in [2.45, 2.75) is 25.9 Å². The lowest BCUT2D eigenvalue weighted by molar-refractivity contribution is 0.399. The van der Waals surface area contributed by atoms with Crippen molar-refractivity contribution < 1.29 is 4.74 Å².